The molecule has 2 aliphatic heterocycles. The molecule has 126 valence electrons. The highest BCUT2D eigenvalue weighted by molar-refractivity contribution is 5.54. The molecule has 1 saturated carbocycles. The molecule has 2 heteroatoms. The van der Waals surface area contributed by atoms with Gasteiger partial charge in [-0.15, -0.1) is 0 Å². The number of anilines is 1. The number of likely N-dealkylation sites (tertiary alicyclic amines) is 1. The summed E-state index contributed by atoms with van der Waals surface area (Å²) in [5, 5.41) is 3.53. The Bertz CT molecular complexity index is 531. The van der Waals surface area contributed by atoms with Crippen molar-refractivity contribution in [1.82, 2.24) is 4.90 Å². The van der Waals surface area contributed by atoms with Crippen molar-refractivity contribution in [3.8, 4) is 0 Å². The van der Waals surface area contributed by atoms with E-state index in [0.717, 1.165) is 13.1 Å². The molecule has 4 rings (SSSR count). The molecule has 1 aliphatic carbocycles. The van der Waals surface area contributed by atoms with E-state index in [1.54, 1.807) is 0 Å². The number of rotatable bonds is 2. The third-order valence-electron chi connectivity index (χ3n) is 6.57. The fourth-order valence-corrected chi connectivity index (χ4v) is 5.15. The van der Waals surface area contributed by atoms with Crippen LogP contribution in [0, 0.1) is 5.41 Å². The molecule has 1 aromatic carbocycles. The molecule has 0 radical (unpaired) electrons. The fourth-order valence-electron chi connectivity index (χ4n) is 5.15. The van der Waals surface area contributed by atoms with Crippen molar-refractivity contribution < 1.29 is 0 Å². The molecule has 1 saturated heterocycles. The van der Waals surface area contributed by atoms with Gasteiger partial charge in [0.25, 0.3) is 0 Å². The first kappa shape index (κ1) is 15.5. The lowest BCUT2D eigenvalue weighted by atomic mass is 9.69. The lowest BCUT2D eigenvalue weighted by Crippen LogP contribution is -2.28. The Kier molecular flexibility index (Phi) is 4.61. The summed E-state index contributed by atoms with van der Waals surface area (Å²) >= 11 is 0. The molecule has 2 heterocycles. The van der Waals surface area contributed by atoms with Crippen molar-refractivity contribution in [2.24, 2.45) is 5.41 Å². The number of hydrogen-bond acceptors (Lipinski definition) is 2. The number of fused-ring (bicyclic) bond motifs is 1. The molecule has 1 aromatic rings. The van der Waals surface area contributed by atoms with E-state index >= 15 is 0 Å². The van der Waals surface area contributed by atoms with E-state index in [1.165, 1.54) is 94.1 Å². The van der Waals surface area contributed by atoms with Gasteiger partial charge < -0.3 is 5.32 Å². The lowest BCUT2D eigenvalue weighted by Gasteiger charge is -2.36. The largest absolute Gasteiger partial charge is 0.385 e. The molecule has 1 N–H and O–H groups in total. The van der Waals surface area contributed by atoms with Gasteiger partial charge in [0.1, 0.15) is 0 Å². The summed E-state index contributed by atoms with van der Waals surface area (Å²) < 4.78 is 0. The first-order valence-corrected chi connectivity index (χ1v) is 9.91. The number of hydrogen-bond donors (Lipinski definition) is 1. The Morgan fingerprint density at radius 2 is 1.78 bits per heavy atom. The summed E-state index contributed by atoms with van der Waals surface area (Å²) in [4.78, 5) is 2.72. The number of benzene rings is 1. The van der Waals surface area contributed by atoms with Gasteiger partial charge in [0, 0.05) is 18.8 Å². The van der Waals surface area contributed by atoms with Crippen molar-refractivity contribution in [3.63, 3.8) is 0 Å². The van der Waals surface area contributed by atoms with Gasteiger partial charge >= 0.3 is 0 Å². The van der Waals surface area contributed by atoms with Gasteiger partial charge in [0.05, 0.1) is 0 Å². The Morgan fingerprint density at radius 1 is 0.913 bits per heavy atom. The summed E-state index contributed by atoms with van der Waals surface area (Å²) in [6.07, 6.45) is 14.3. The first-order valence-electron chi connectivity index (χ1n) is 9.91. The molecule has 1 spiro atoms. The molecule has 23 heavy (non-hydrogen) atoms. The molecule has 0 unspecified atom stereocenters. The van der Waals surface area contributed by atoms with Crippen LogP contribution in [0.4, 0.5) is 5.69 Å². The normalized spacial score (nSPS) is 24.7. The van der Waals surface area contributed by atoms with Crippen LogP contribution in [0.1, 0.15) is 68.9 Å². The van der Waals surface area contributed by atoms with Crippen LogP contribution in [0.25, 0.3) is 0 Å². The van der Waals surface area contributed by atoms with Crippen LogP contribution in [0.15, 0.2) is 18.2 Å². The molecule has 0 aromatic heterocycles. The number of nitrogens with zero attached hydrogens (tertiary/aromatic N) is 1. The average molecular weight is 313 g/mol. The third kappa shape index (κ3) is 3.57. The summed E-state index contributed by atoms with van der Waals surface area (Å²) in [7, 11) is 0. The molecule has 2 fully saturated rings. The van der Waals surface area contributed by atoms with Crippen molar-refractivity contribution in [1.29, 1.82) is 0 Å². The molecule has 3 aliphatic rings. The zero-order valence-corrected chi connectivity index (χ0v) is 14.6. The Hall–Kier alpha value is -1.02. The van der Waals surface area contributed by atoms with Crippen molar-refractivity contribution >= 4 is 5.69 Å². The third-order valence-corrected chi connectivity index (χ3v) is 6.57. The maximum Gasteiger partial charge on any atom is 0.0372 e. The van der Waals surface area contributed by atoms with Crippen LogP contribution >= 0.6 is 0 Å². The Morgan fingerprint density at radius 3 is 2.70 bits per heavy atom. The van der Waals surface area contributed by atoms with E-state index in [9.17, 15) is 0 Å². The number of nitrogens with one attached hydrogen (secondary N) is 1. The maximum atomic E-state index is 3.53. The smallest absolute Gasteiger partial charge is 0.0372 e. The second-order valence-electron chi connectivity index (χ2n) is 8.21. The van der Waals surface area contributed by atoms with Crippen LogP contribution in [0.2, 0.25) is 0 Å². The van der Waals surface area contributed by atoms with Crippen LogP contribution in [-0.2, 0) is 13.0 Å². The Balaban J connectivity index is 1.39. The fraction of sp³-hybridized carbons (Fsp3) is 0.714. The summed E-state index contributed by atoms with van der Waals surface area (Å²) in [6.45, 7) is 4.91. The van der Waals surface area contributed by atoms with E-state index in [2.05, 4.69) is 28.4 Å². The second kappa shape index (κ2) is 6.84. The summed E-state index contributed by atoms with van der Waals surface area (Å²) in [5.41, 5.74) is 5.14. The average Bonchev–Trinajstić information content (AvgIpc) is 2.78. The first-order chi connectivity index (χ1) is 11.3. The minimum Gasteiger partial charge on any atom is -0.385 e. The lowest BCUT2D eigenvalue weighted by molar-refractivity contribution is 0.157. The highest BCUT2D eigenvalue weighted by atomic mass is 15.1. The van der Waals surface area contributed by atoms with Crippen LogP contribution < -0.4 is 5.32 Å². The summed E-state index contributed by atoms with van der Waals surface area (Å²) in [5.74, 6) is 0. The molecule has 2 nitrogen and oxygen atoms in total. The van der Waals surface area contributed by atoms with E-state index in [0.29, 0.717) is 5.41 Å². The van der Waals surface area contributed by atoms with E-state index in [-0.39, 0.29) is 0 Å². The van der Waals surface area contributed by atoms with Crippen LogP contribution in [-0.4, -0.2) is 24.5 Å². The predicted molar refractivity (Wildman–Crippen MR) is 97.9 cm³/mol. The molecule has 0 atom stereocenters. The maximum absolute atomic E-state index is 3.53. The van der Waals surface area contributed by atoms with Gasteiger partial charge in [0.2, 0.25) is 0 Å². The molecule has 0 bridgehead atoms. The van der Waals surface area contributed by atoms with Gasteiger partial charge in [-0.25, -0.2) is 0 Å². The summed E-state index contributed by atoms with van der Waals surface area (Å²) in [6, 6.07) is 7.12. The van der Waals surface area contributed by atoms with Crippen LogP contribution in [0.5, 0.6) is 0 Å². The van der Waals surface area contributed by atoms with E-state index < -0.39 is 0 Å². The van der Waals surface area contributed by atoms with Crippen molar-refractivity contribution in [3.05, 3.63) is 29.3 Å². The highest BCUT2D eigenvalue weighted by Crippen LogP contribution is 2.44. The standard InChI is InChI=1S/C21H32N2/c1-2-9-21(10-3-1)11-5-14-23(15-12-21)17-18-7-8-20-19(16-18)6-4-13-22-20/h7-8,16,22H,1-6,9-15,17H2. The van der Waals surface area contributed by atoms with Gasteiger partial charge in [-0.05, 0) is 80.6 Å². The zero-order valence-electron chi connectivity index (χ0n) is 14.6. The zero-order chi connectivity index (χ0) is 15.5. The van der Waals surface area contributed by atoms with Crippen molar-refractivity contribution in [2.45, 2.75) is 70.8 Å². The van der Waals surface area contributed by atoms with Gasteiger partial charge in [-0.3, -0.25) is 4.90 Å². The van der Waals surface area contributed by atoms with E-state index in [4.69, 9.17) is 0 Å². The van der Waals surface area contributed by atoms with E-state index in [1.807, 2.05) is 0 Å². The Labute approximate surface area is 141 Å². The molecular weight excluding hydrogens is 280 g/mol. The number of aryl methyl sites for hydroxylation is 1. The topological polar surface area (TPSA) is 15.3 Å². The van der Waals surface area contributed by atoms with Crippen LogP contribution in [0.3, 0.4) is 0 Å². The molecular formula is C21H32N2. The minimum absolute atomic E-state index is 0.715. The monoisotopic (exact) mass is 312 g/mol. The van der Waals surface area contributed by atoms with Gasteiger partial charge in [-0.2, -0.15) is 0 Å². The minimum atomic E-state index is 0.715. The van der Waals surface area contributed by atoms with Gasteiger partial charge in [-0.1, -0.05) is 31.4 Å². The highest BCUT2D eigenvalue weighted by Gasteiger charge is 2.33. The SMILES string of the molecule is c1cc2c(cc1CN1CCCC3(CCCCC3)CC1)CCCN2. The predicted octanol–water partition coefficient (Wildman–Crippen LogP) is 4.98. The second-order valence-corrected chi connectivity index (χ2v) is 8.21. The van der Waals surface area contributed by atoms with Gasteiger partial charge in [0.15, 0.2) is 0 Å². The quantitative estimate of drug-likeness (QED) is 0.828. The van der Waals surface area contributed by atoms with Crippen molar-refractivity contribution in [2.75, 3.05) is 25.0 Å². The molecule has 0 amide bonds.